The van der Waals surface area contributed by atoms with E-state index in [0.717, 1.165) is 19.3 Å². The summed E-state index contributed by atoms with van der Waals surface area (Å²) in [6, 6.07) is 2.99. The summed E-state index contributed by atoms with van der Waals surface area (Å²) in [5.41, 5.74) is 6.52. The van der Waals surface area contributed by atoms with Gasteiger partial charge in [0.1, 0.15) is 0 Å². The summed E-state index contributed by atoms with van der Waals surface area (Å²) in [6.45, 7) is 0. The van der Waals surface area contributed by atoms with Gasteiger partial charge in [0, 0.05) is 17.9 Å². The Bertz CT molecular complexity index is 213. The van der Waals surface area contributed by atoms with Gasteiger partial charge < -0.3 is 0 Å². The van der Waals surface area contributed by atoms with Crippen LogP contribution in [0.2, 0.25) is 0 Å². The number of nitriles is 1. The highest BCUT2D eigenvalue weighted by molar-refractivity contribution is 14.1. The Kier molecular flexibility index (Phi) is 2.53. The zero-order valence-electron chi connectivity index (χ0n) is 6.76. The number of hydrogen-bond donors (Lipinski definition) is 2. The molecule has 2 aliphatic rings. The van der Waals surface area contributed by atoms with Crippen molar-refractivity contribution < 1.29 is 0 Å². The lowest BCUT2D eigenvalue weighted by Gasteiger charge is -2.28. The van der Waals surface area contributed by atoms with Crippen LogP contribution in [0.1, 0.15) is 19.3 Å². The maximum atomic E-state index is 8.80. The van der Waals surface area contributed by atoms with Crippen LogP contribution in [0.4, 0.5) is 0 Å². The number of halogens is 1. The Balaban J connectivity index is 2.02. The predicted octanol–water partition coefficient (Wildman–Crippen LogP) is 1.16. The van der Waals surface area contributed by atoms with E-state index in [2.05, 4.69) is 39.5 Å². The van der Waals surface area contributed by atoms with Gasteiger partial charge in [-0.3, -0.25) is 5.43 Å². The normalized spacial score (nSPS) is 46.7. The summed E-state index contributed by atoms with van der Waals surface area (Å²) in [4.78, 5) is 0. The first kappa shape index (κ1) is 8.73. The van der Waals surface area contributed by atoms with Gasteiger partial charge in [-0.05, 0) is 19.3 Å². The number of nitrogens with one attached hydrogen (secondary N) is 2. The molecule has 1 heterocycles. The summed E-state index contributed by atoms with van der Waals surface area (Å²) < 4.78 is 0.503. The van der Waals surface area contributed by atoms with Gasteiger partial charge in [0.25, 0.3) is 0 Å². The van der Waals surface area contributed by atoms with Crippen molar-refractivity contribution in [2.75, 3.05) is 0 Å². The smallest absolute Gasteiger partial charge is 0.0771 e. The molecular formula is C8H12IN3. The molecule has 2 rings (SSSR count). The fourth-order valence-electron chi connectivity index (χ4n) is 2.12. The molecule has 1 aliphatic carbocycles. The number of hydrogen-bond acceptors (Lipinski definition) is 3. The number of alkyl halides is 1. The van der Waals surface area contributed by atoms with Crippen LogP contribution >= 0.6 is 22.6 Å². The molecule has 0 spiro atoms. The molecule has 0 aromatic heterocycles. The molecule has 0 amide bonds. The third kappa shape index (κ3) is 1.45. The first-order valence-electron chi connectivity index (χ1n) is 4.36. The van der Waals surface area contributed by atoms with Gasteiger partial charge in [0.15, 0.2) is 0 Å². The Morgan fingerprint density at radius 1 is 1.33 bits per heavy atom. The van der Waals surface area contributed by atoms with Crippen LogP contribution in [0.25, 0.3) is 0 Å². The molecule has 0 bridgehead atoms. The maximum absolute atomic E-state index is 8.80. The lowest BCUT2D eigenvalue weighted by molar-refractivity contribution is 0.289. The molecular weight excluding hydrogens is 265 g/mol. The molecule has 0 aromatic rings. The van der Waals surface area contributed by atoms with E-state index >= 15 is 0 Å². The number of nitrogens with zero attached hydrogens (tertiary/aromatic N) is 1. The molecule has 0 aromatic carbocycles. The highest BCUT2D eigenvalue weighted by Gasteiger charge is 2.38. The summed E-state index contributed by atoms with van der Waals surface area (Å²) in [6.07, 6.45) is 3.28. The second kappa shape index (κ2) is 3.48. The molecule has 1 aliphatic heterocycles. The van der Waals surface area contributed by atoms with Crippen molar-refractivity contribution in [3.63, 3.8) is 0 Å². The van der Waals surface area contributed by atoms with E-state index in [1.807, 2.05) is 0 Å². The average Bonchev–Trinajstić information content (AvgIpc) is 2.47. The van der Waals surface area contributed by atoms with Crippen molar-refractivity contribution in [2.24, 2.45) is 11.8 Å². The Morgan fingerprint density at radius 3 is 2.92 bits per heavy atom. The average molecular weight is 277 g/mol. The minimum Gasteiger partial charge on any atom is -0.253 e. The van der Waals surface area contributed by atoms with Crippen molar-refractivity contribution >= 4 is 22.6 Å². The third-order valence-corrected chi connectivity index (χ3v) is 4.10. The monoisotopic (exact) mass is 277 g/mol. The molecule has 66 valence electrons. The molecule has 2 N–H and O–H groups in total. The van der Waals surface area contributed by atoms with Gasteiger partial charge in [-0.25, -0.2) is 5.43 Å². The fourth-order valence-corrected chi connectivity index (χ4v) is 3.09. The molecule has 0 radical (unpaired) electrons. The predicted molar refractivity (Wildman–Crippen MR) is 54.3 cm³/mol. The Hall–Kier alpha value is 0.140. The largest absolute Gasteiger partial charge is 0.253 e. The number of hydrazine groups is 1. The first-order valence-corrected chi connectivity index (χ1v) is 5.60. The van der Waals surface area contributed by atoms with Crippen LogP contribution in [0.15, 0.2) is 0 Å². The van der Waals surface area contributed by atoms with Gasteiger partial charge >= 0.3 is 0 Å². The first-order chi connectivity index (χ1) is 5.81. The van der Waals surface area contributed by atoms with Crippen LogP contribution in [0, 0.1) is 23.2 Å². The topological polar surface area (TPSA) is 47.9 Å². The molecule has 2 fully saturated rings. The fraction of sp³-hybridized carbons (Fsp3) is 0.875. The molecule has 1 saturated heterocycles. The highest BCUT2D eigenvalue weighted by atomic mass is 127. The van der Waals surface area contributed by atoms with Crippen LogP contribution in [0.3, 0.4) is 0 Å². The minimum atomic E-state index is 0.296. The van der Waals surface area contributed by atoms with E-state index in [4.69, 9.17) is 5.26 Å². The second-order valence-electron chi connectivity index (χ2n) is 3.60. The Labute approximate surface area is 86.0 Å². The molecule has 4 heteroatoms. The van der Waals surface area contributed by atoms with E-state index < -0.39 is 0 Å². The molecule has 3 nitrogen and oxygen atoms in total. The lowest BCUT2D eigenvalue weighted by Crippen LogP contribution is -2.34. The molecule has 1 saturated carbocycles. The minimum absolute atomic E-state index is 0.296. The zero-order valence-corrected chi connectivity index (χ0v) is 8.91. The lowest BCUT2D eigenvalue weighted by atomic mass is 9.80. The molecule has 4 unspecified atom stereocenters. The van der Waals surface area contributed by atoms with Crippen LogP contribution in [-0.2, 0) is 0 Å². The maximum Gasteiger partial charge on any atom is 0.0771 e. The van der Waals surface area contributed by atoms with Crippen molar-refractivity contribution in [3.8, 4) is 6.07 Å². The molecule has 4 atom stereocenters. The van der Waals surface area contributed by atoms with Gasteiger partial charge in [-0.2, -0.15) is 5.26 Å². The van der Waals surface area contributed by atoms with Gasteiger partial charge in [0.05, 0.1) is 10.1 Å². The van der Waals surface area contributed by atoms with Crippen LogP contribution in [0.5, 0.6) is 0 Å². The van der Waals surface area contributed by atoms with E-state index in [1.165, 1.54) is 0 Å². The molecule has 12 heavy (non-hydrogen) atoms. The third-order valence-electron chi connectivity index (χ3n) is 2.86. The second-order valence-corrected chi connectivity index (χ2v) is 4.94. The van der Waals surface area contributed by atoms with E-state index in [0.29, 0.717) is 21.9 Å². The van der Waals surface area contributed by atoms with E-state index in [9.17, 15) is 0 Å². The van der Waals surface area contributed by atoms with Crippen molar-refractivity contribution in [1.82, 2.24) is 10.9 Å². The zero-order chi connectivity index (χ0) is 8.55. The summed E-state index contributed by atoms with van der Waals surface area (Å²) in [7, 11) is 0. The number of rotatable bonds is 0. The summed E-state index contributed by atoms with van der Waals surface area (Å²) in [5.74, 6) is 0.953. The quantitative estimate of drug-likeness (QED) is 0.397. The van der Waals surface area contributed by atoms with Gasteiger partial charge in [0.2, 0.25) is 0 Å². The van der Waals surface area contributed by atoms with Crippen molar-refractivity contribution in [1.29, 1.82) is 5.26 Å². The van der Waals surface area contributed by atoms with Crippen molar-refractivity contribution in [3.05, 3.63) is 0 Å². The SMILES string of the molecule is N#CC1CCC2NNC(I)C2C1. The van der Waals surface area contributed by atoms with Gasteiger partial charge in [-0.15, -0.1) is 0 Å². The Morgan fingerprint density at radius 2 is 2.17 bits per heavy atom. The number of fused-ring (bicyclic) bond motifs is 1. The van der Waals surface area contributed by atoms with E-state index in [-0.39, 0.29) is 0 Å². The summed E-state index contributed by atoms with van der Waals surface area (Å²) in [5, 5.41) is 8.80. The summed E-state index contributed by atoms with van der Waals surface area (Å²) >= 11 is 2.41. The van der Waals surface area contributed by atoms with E-state index in [1.54, 1.807) is 0 Å². The van der Waals surface area contributed by atoms with Crippen LogP contribution in [-0.4, -0.2) is 10.1 Å². The van der Waals surface area contributed by atoms with Crippen LogP contribution < -0.4 is 10.9 Å². The standard InChI is InChI=1S/C8H12IN3/c9-8-6-3-5(4-10)1-2-7(6)11-12-8/h5-8,11-12H,1-3H2. The highest BCUT2D eigenvalue weighted by Crippen LogP contribution is 2.35. The van der Waals surface area contributed by atoms with Gasteiger partial charge in [-0.1, -0.05) is 22.6 Å². The van der Waals surface area contributed by atoms with Crippen molar-refractivity contribution in [2.45, 2.75) is 29.4 Å².